The molecule has 1 aliphatic heterocycles. The van der Waals surface area contributed by atoms with Gasteiger partial charge >= 0.3 is 0 Å². The Bertz CT molecular complexity index is 1060. The van der Waals surface area contributed by atoms with E-state index in [-0.39, 0.29) is 16.8 Å². The Balaban J connectivity index is 1.79. The van der Waals surface area contributed by atoms with Crippen LogP contribution in [0.25, 0.3) is 11.0 Å². The van der Waals surface area contributed by atoms with Crippen molar-refractivity contribution in [1.29, 1.82) is 0 Å². The van der Waals surface area contributed by atoms with E-state index in [1.165, 1.54) is 11.1 Å². The van der Waals surface area contributed by atoms with Gasteiger partial charge in [-0.25, -0.2) is 13.4 Å². The largest absolute Gasteiger partial charge is 0.381 e. The van der Waals surface area contributed by atoms with Crippen molar-refractivity contribution in [2.24, 2.45) is 5.92 Å². The van der Waals surface area contributed by atoms with Gasteiger partial charge < -0.3 is 9.30 Å². The number of fused-ring (bicyclic) bond motifs is 1. The topological polar surface area (TPSA) is 61.2 Å². The van der Waals surface area contributed by atoms with E-state index >= 15 is 0 Å². The monoisotopic (exact) mass is 384 g/mol. The molecule has 1 aromatic heterocycles. The average Bonchev–Trinajstić information content (AvgIpc) is 3.22. The highest BCUT2D eigenvalue weighted by atomic mass is 32.2. The Morgan fingerprint density at radius 1 is 1.15 bits per heavy atom. The first-order valence-electron chi connectivity index (χ1n) is 9.25. The summed E-state index contributed by atoms with van der Waals surface area (Å²) in [5.74, 6) is 0.132. The molecule has 4 rings (SSSR count). The molecule has 0 amide bonds. The van der Waals surface area contributed by atoms with Crippen LogP contribution in [0.3, 0.4) is 0 Å². The molecule has 3 aromatic rings. The zero-order valence-corrected chi connectivity index (χ0v) is 16.5. The number of benzene rings is 2. The van der Waals surface area contributed by atoms with Crippen LogP contribution >= 0.6 is 0 Å². The first-order valence-corrected chi connectivity index (χ1v) is 10.9. The van der Waals surface area contributed by atoms with Gasteiger partial charge in [0.2, 0.25) is 15.0 Å². The predicted octanol–water partition coefficient (Wildman–Crippen LogP) is 3.51. The second-order valence-corrected chi connectivity index (χ2v) is 9.40. The normalized spacial score (nSPS) is 17.6. The molecule has 1 aliphatic rings. The molecule has 142 valence electrons. The molecule has 0 radical (unpaired) electrons. The average molecular weight is 385 g/mol. The fourth-order valence-electron chi connectivity index (χ4n) is 3.89. The third-order valence-electron chi connectivity index (χ3n) is 5.00. The van der Waals surface area contributed by atoms with Crippen molar-refractivity contribution in [3.63, 3.8) is 0 Å². The minimum absolute atomic E-state index is 0.0458. The first kappa shape index (κ1) is 18.2. The highest BCUT2D eigenvalue weighted by Gasteiger charge is 2.29. The zero-order chi connectivity index (χ0) is 19.0. The Hall–Kier alpha value is -2.18. The molecule has 0 aliphatic carbocycles. The van der Waals surface area contributed by atoms with Crippen molar-refractivity contribution in [3.05, 3.63) is 59.2 Å². The number of nitrogens with zero attached hydrogens (tertiary/aromatic N) is 2. The standard InChI is InChI=1S/C21H24N2O3S/c1-15-9-16(2)11-18(10-15)12-23-20-6-4-3-5-19(20)22-21(23)27(24,25)14-17-7-8-26-13-17/h3-6,9-11,17H,7-8,12-14H2,1-2H3/t17-/m1/s1. The van der Waals surface area contributed by atoms with Crippen LogP contribution in [0.4, 0.5) is 0 Å². The van der Waals surface area contributed by atoms with E-state index < -0.39 is 9.84 Å². The van der Waals surface area contributed by atoms with Gasteiger partial charge in [0.05, 0.1) is 29.9 Å². The molecule has 1 atom stereocenters. The van der Waals surface area contributed by atoms with Gasteiger partial charge in [0.15, 0.2) is 0 Å². The van der Waals surface area contributed by atoms with Crippen LogP contribution in [-0.4, -0.2) is 36.9 Å². The summed E-state index contributed by atoms with van der Waals surface area (Å²) < 4.78 is 33.5. The molecule has 6 heteroatoms. The summed E-state index contributed by atoms with van der Waals surface area (Å²) in [5.41, 5.74) is 4.97. The molecule has 2 heterocycles. The Morgan fingerprint density at radius 3 is 2.59 bits per heavy atom. The van der Waals surface area contributed by atoms with Gasteiger partial charge in [0.1, 0.15) is 0 Å². The Labute approximate surface area is 159 Å². The molecule has 0 bridgehead atoms. The van der Waals surface area contributed by atoms with Crippen LogP contribution in [0.15, 0.2) is 47.6 Å². The lowest BCUT2D eigenvalue weighted by Crippen LogP contribution is -2.20. The van der Waals surface area contributed by atoms with Crippen molar-refractivity contribution in [2.45, 2.75) is 32.0 Å². The number of sulfone groups is 1. The number of hydrogen-bond donors (Lipinski definition) is 0. The van der Waals surface area contributed by atoms with Gasteiger partial charge in [-0.2, -0.15) is 0 Å². The second kappa shape index (κ2) is 7.09. The molecule has 1 fully saturated rings. The molecule has 0 unspecified atom stereocenters. The van der Waals surface area contributed by atoms with E-state index in [0.717, 1.165) is 17.5 Å². The Morgan fingerprint density at radius 2 is 1.89 bits per heavy atom. The summed E-state index contributed by atoms with van der Waals surface area (Å²) in [6, 6.07) is 13.9. The number of aromatic nitrogens is 2. The van der Waals surface area contributed by atoms with Gasteiger partial charge in [-0.05, 0) is 43.9 Å². The van der Waals surface area contributed by atoms with Crippen molar-refractivity contribution in [3.8, 4) is 0 Å². The van der Waals surface area contributed by atoms with E-state index in [1.54, 1.807) is 0 Å². The van der Waals surface area contributed by atoms with Gasteiger partial charge in [-0.15, -0.1) is 0 Å². The molecular formula is C21H24N2O3S. The van der Waals surface area contributed by atoms with Crippen LogP contribution in [-0.2, 0) is 21.1 Å². The summed E-state index contributed by atoms with van der Waals surface area (Å²) >= 11 is 0. The van der Waals surface area contributed by atoms with E-state index in [1.807, 2.05) is 28.8 Å². The van der Waals surface area contributed by atoms with Gasteiger partial charge in [-0.1, -0.05) is 41.5 Å². The van der Waals surface area contributed by atoms with Crippen LogP contribution in [0.5, 0.6) is 0 Å². The molecule has 0 N–H and O–H groups in total. The predicted molar refractivity (Wildman–Crippen MR) is 106 cm³/mol. The van der Waals surface area contributed by atoms with Crippen LogP contribution < -0.4 is 0 Å². The first-order chi connectivity index (χ1) is 12.9. The maximum absolute atomic E-state index is 13.2. The lowest BCUT2D eigenvalue weighted by molar-refractivity contribution is 0.188. The highest BCUT2D eigenvalue weighted by Crippen LogP contribution is 2.25. The number of rotatable bonds is 5. The van der Waals surface area contributed by atoms with Crippen molar-refractivity contribution in [1.82, 2.24) is 9.55 Å². The summed E-state index contributed by atoms with van der Waals surface area (Å²) in [5, 5.41) is 0.162. The molecule has 0 saturated carbocycles. The summed E-state index contributed by atoms with van der Waals surface area (Å²) in [6.07, 6.45) is 0.788. The third kappa shape index (κ3) is 3.77. The van der Waals surface area contributed by atoms with Crippen molar-refractivity contribution >= 4 is 20.9 Å². The minimum Gasteiger partial charge on any atom is -0.381 e. The number of ether oxygens (including phenoxy) is 1. The van der Waals surface area contributed by atoms with E-state index in [2.05, 4.69) is 37.0 Å². The molecule has 0 spiro atoms. The molecule has 27 heavy (non-hydrogen) atoms. The molecular weight excluding hydrogens is 360 g/mol. The lowest BCUT2D eigenvalue weighted by atomic mass is 10.1. The quantitative estimate of drug-likeness (QED) is 0.675. The van der Waals surface area contributed by atoms with Gasteiger partial charge in [-0.3, -0.25) is 0 Å². The summed E-state index contributed by atoms with van der Waals surface area (Å²) in [4.78, 5) is 4.50. The van der Waals surface area contributed by atoms with E-state index in [9.17, 15) is 8.42 Å². The molecule has 5 nitrogen and oxygen atoms in total. The fraction of sp³-hybridized carbons (Fsp3) is 0.381. The molecule has 2 aromatic carbocycles. The number of hydrogen-bond acceptors (Lipinski definition) is 4. The van der Waals surface area contributed by atoms with E-state index in [0.29, 0.717) is 25.3 Å². The molecule has 1 saturated heterocycles. The maximum atomic E-state index is 13.2. The highest BCUT2D eigenvalue weighted by molar-refractivity contribution is 7.91. The third-order valence-corrected chi connectivity index (χ3v) is 6.78. The number of para-hydroxylation sites is 2. The van der Waals surface area contributed by atoms with Crippen LogP contribution in [0, 0.1) is 19.8 Å². The fourth-order valence-corrected chi connectivity index (χ4v) is 5.65. The summed E-state index contributed by atoms with van der Waals surface area (Å²) in [7, 11) is -3.50. The lowest BCUT2D eigenvalue weighted by Gasteiger charge is -2.13. The van der Waals surface area contributed by atoms with Gasteiger partial charge in [0, 0.05) is 6.61 Å². The summed E-state index contributed by atoms with van der Waals surface area (Å²) in [6.45, 7) is 5.75. The van der Waals surface area contributed by atoms with Crippen molar-refractivity contribution in [2.75, 3.05) is 19.0 Å². The number of aryl methyl sites for hydroxylation is 2. The van der Waals surface area contributed by atoms with Crippen molar-refractivity contribution < 1.29 is 13.2 Å². The van der Waals surface area contributed by atoms with Crippen LogP contribution in [0.1, 0.15) is 23.1 Å². The minimum atomic E-state index is -3.50. The Kier molecular flexibility index (Phi) is 4.78. The van der Waals surface area contributed by atoms with Gasteiger partial charge in [0.25, 0.3) is 0 Å². The zero-order valence-electron chi connectivity index (χ0n) is 15.7. The van der Waals surface area contributed by atoms with Crippen LogP contribution in [0.2, 0.25) is 0 Å². The SMILES string of the molecule is Cc1cc(C)cc(Cn2c(S(=O)(=O)C[C@@H]3CCOC3)nc3ccccc32)c1. The second-order valence-electron chi connectivity index (χ2n) is 7.48. The number of imidazole rings is 1. The van der Waals surface area contributed by atoms with E-state index in [4.69, 9.17) is 4.74 Å². The maximum Gasteiger partial charge on any atom is 0.229 e. The smallest absolute Gasteiger partial charge is 0.229 e.